The molecule has 4 heteroatoms. The zero-order valence-corrected chi connectivity index (χ0v) is 13.0. The van der Waals surface area contributed by atoms with Crippen LogP contribution < -0.4 is 5.32 Å². The van der Waals surface area contributed by atoms with E-state index in [0.717, 1.165) is 47.6 Å². The molecule has 0 radical (unpaired) electrons. The van der Waals surface area contributed by atoms with Crippen LogP contribution in [0.2, 0.25) is 0 Å². The Morgan fingerprint density at radius 2 is 2.16 bits per heavy atom. The third-order valence-corrected chi connectivity index (χ3v) is 4.01. The maximum atomic E-state index is 5.80. The number of aromatic nitrogens is 1. The van der Waals surface area contributed by atoms with Gasteiger partial charge in [-0.25, -0.2) is 4.98 Å². The molecule has 0 fully saturated rings. The van der Waals surface area contributed by atoms with Crippen molar-refractivity contribution in [3.8, 4) is 11.3 Å². The molecule has 1 aromatic heterocycles. The topological polar surface area (TPSA) is 38.1 Å². The third kappa shape index (κ3) is 3.67. The van der Waals surface area contributed by atoms with E-state index in [1.165, 1.54) is 5.56 Å². The van der Waals surface area contributed by atoms with Crippen LogP contribution in [0.15, 0.2) is 33.3 Å². The lowest BCUT2D eigenvalue weighted by atomic mass is 10.1. The predicted molar refractivity (Wildman–Crippen MR) is 81.2 cm³/mol. The summed E-state index contributed by atoms with van der Waals surface area (Å²) in [7, 11) is 0. The van der Waals surface area contributed by atoms with Crippen molar-refractivity contribution < 1.29 is 4.42 Å². The van der Waals surface area contributed by atoms with Crippen molar-refractivity contribution in [2.75, 3.05) is 13.1 Å². The second kappa shape index (κ2) is 6.87. The summed E-state index contributed by atoms with van der Waals surface area (Å²) in [6.07, 6.45) is 3.77. The first kappa shape index (κ1) is 14.3. The van der Waals surface area contributed by atoms with Gasteiger partial charge in [0.25, 0.3) is 0 Å². The highest BCUT2D eigenvalue weighted by atomic mass is 79.9. The molecule has 0 saturated heterocycles. The number of halogens is 1. The molecular formula is C15H19BrN2O. The number of rotatable bonds is 6. The van der Waals surface area contributed by atoms with Gasteiger partial charge in [-0.3, -0.25) is 0 Å². The Labute approximate surface area is 122 Å². The molecule has 0 aliphatic carbocycles. The first-order chi connectivity index (χ1) is 9.22. The number of oxazole rings is 1. The van der Waals surface area contributed by atoms with Crippen LogP contribution in [0.1, 0.15) is 24.8 Å². The van der Waals surface area contributed by atoms with E-state index < -0.39 is 0 Å². The average Bonchev–Trinajstić information content (AvgIpc) is 2.87. The van der Waals surface area contributed by atoms with Crippen molar-refractivity contribution in [1.29, 1.82) is 0 Å². The van der Waals surface area contributed by atoms with Crippen molar-refractivity contribution in [1.82, 2.24) is 10.3 Å². The van der Waals surface area contributed by atoms with Gasteiger partial charge in [0.15, 0.2) is 11.7 Å². The fourth-order valence-corrected chi connectivity index (χ4v) is 2.34. The quantitative estimate of drug-likeness (QED) is 0.818. The summed E-state index contributed by atoms with van der Waals surface area (Å²) in [5.74, 6) is 1.60. The van der Waals surface area contributed by atoms with E-state index in [1.54, 1.807) is 6.20 Å². The number of benzene rings is 1. The van der Waals surface area contributed by atoms with Gasteiger partial charge in [0.2, 0.25) is 0 Å². The minimum absolute atomic E-state index is 0.784. The fraction of sp³-hybridized carbons (Fsp3) is 0.400. The lowest BCUT2D eigenvalue weighted by Gasteiger charge is -2.03. The normalized spacial score (nSPS) is 10.9. The molecular weight excluding hydrogens is 304 g/mol. The third-order valence-electron chi connectivity index (χ3n) is 2.95. The van der Waals surface area contributed by atoms with Gasteiger partial charge >= 0.3 is 0 Å². The van der Waals surface area contributed by atoms with Crippen molar-refractivity contribution in [2.45, 2.75) is 26.7 Å². The van der Waals surface area contributed by atoms with Gasteiger partial charge in [0.05, 0.1) is 6.20 Å². The second-order valence-corrected chi connectivity index (χ2v) is 5.35. The molecule has 3 nitrogen and oxygen atoms in total. The Morgan fingerprint density at radius 1 is 1.32 bits per heavy atom. The van der Waals surface area contributed by atoms with Crippen molar-refractivity contribution in [3.05, 3.63) is 40.3 Å². The Morgan fingerprint density at radius 3 is 2.95 bits per heavy atom. The lowest BCUT2D eigenvalue weighted by molar-refractivity contribution is 0.494. The van der Waals surface area contributed by atoms with Crippen molar-refractivity contribution >= 4 is 15.9 Å². The molecule has 0 amide bonds. The molecule has 0 unspecified atom stereocenters. The molecule has 0 bridgehead atoms. The van der Waals surface area contributed by atoms with Gasteiger partial charge in [-0.2, -0.15) is 0 Å². The minimum Gasteiger partial charge on any atom is -0.441 e. The maximum Gasteiger partial charge on any atom is 0.196 e. The van der Waals surface area contributed by atoms with Crippen LogP contribution in [-0.4, -0.2) is 18.1 Å². The maximum absolute atomic E-state index is 5.80. The summed E-state index contributed by atoms with van der Waals surface area (Å²) in [4.78, 5) is 4.33. The van der Waals surface area contributed by atoms with E-state index in [1.807, 2.05) is 12.1 Å². The van der Waals surface area contributed by atoms with Crippen LogP contribution in [0.25, 0.3) is 11.3 Å². The predicted octanol–water partition coefficient (Wildman–Crippen LogP) is 3.95. The van der Waals surface area contributed by atoms with Gasteiger partial charge in [0, 0.05) is 23.0 Å². The number of nitrogens with zero attached hydrogens (tertiary/aromatic N) is 1. The lowest BCUT2D eigenvalue weighted by Crippen LogP contribution is -2.17. The van der Waals surface area contributed by atoms with Crippen LogP contribution >= 0.6 is 15.9 Å². The molecule has 0 atom stereocenters. The van der Waals surface area contributed by atoms with Crippen LogP contribution in [-0.2, 0) is 6.42 Å². The Hall–Kier alpha value is -1.13. The van der Waals surface area contributed by atoms with Crippen LogP contribution in [0.5, 0.6) is 0 Å². The Balaban J connectivity index is 2.06. The molecule has 1 heterocycles. The Kier molecular flexibility index (Phi) is 5.16. The van der Waals surface area contributed by atoms with Crippen LogP contribution in [0.4, 0.5) is 0 Å². The van der Waals surface area contributed by atoms with Crippen LogP contribution in [0, 0.1) is 6.92 Å². The second-order valence-electron chi connectivity index (χ2n) is 4.55. The minimum atomic E-state index is 0.784. The zero-order valence-electron chi connectivity index (χ0n) is 11.4. The molecule has 2 aromatic rings. The van der Waals surface area contributed by atoms with E-state index >= 15 is 0 Å². The number of aryl methyl sites for hydroxylation is 1. The molecule has 0 spiro atoms. The number of hydrogen-bond acceptors (Lipinski definition) is 3. The van der Waals surface area contributed by atoms with E-state index in [-0.39, 0.29) is 0 Å². The van der Waals surface area contributed by atoms with E-state index in [2.05, 4.69) is 46.1 Å². The molecule has 0 saturated carbocycles. The SMILES string of the molecule is CCCNCCc1ncc(-c2cccc(C)c2Br)o1. The smallest absolute Gasteiger partial charge is 0.196 e. The van der Waals surface area contributed by atoms with E-state index in [0.29, 0.717) is 0 Å². The zero-order chi connectivity index (χ0) is 13.7. The molecule has 102 valence electrons. The summed E-state index contributed by atoms with van der Waals surface area (Å²) < 4.78 is 6.88. The molecule has 0 aliphatic heterocycles. The first-order valence-electron chi connectivity index (χ1n) is 6.63. The first-order valence-corrected chi connectivity index (χ1v) is 7.42. The van der Waals surface area contributed by atoms with Gasteiger partial charge < -0.3 is 9.73 Å². The van der Waals surface area contributed by atoms with Gasteiger partial charge in [-0.15, -0.1) is 0 Å². The van der Waals surface area contributed by atoms with Gasteiger partial charge in [0.1, 0.15) is 0 Å². The summed E-state index contributed by atoms with van der Waals surface area (Å²) in [6.45, 7) is 6.17. The van der Waals surface area contributed by atoms with E-state index in [9.17, 15) is 0 Å². The summed E-state index contributed by atoms with van der Waals surface area (Å²) >= 11 is 3.60. The highest BCUT2D eigenvalue weighted by molar-refractivity contribution is 9.10. The number of nitrogens with one attached hydrogen (secondary N) is 1. The monoisotopic (exact) mass is 322 g/mol. The highest BCUT2D eigenvalue weighted by Gasteiger charge is 2.10. The molecule has 2 rings (SSSR count). The number of hydrogen-bond donors (Lipinski definition) is 1. The highest BCUT2D eigenvalue weighted by Crippen LogP contribution is 2.31. The van der Waals surface area contributed by atoms with Crippen molar-refractivity contribution in [2.24, 2.45) is 0 Å². The molecule has 0 aliphatic rings. The van der Waals surface area contributed by atoms with Gasteiger partial charge in [-0.05, 0) is 41.4 Å². The molecule has 1 N–H and O–H groups in total. The largest absolute Gasteiger partial charge is 0.441 e. The van der Waals surface area contributed by atoms with Crippen molar-refractivity contribution in [3.63, 3.8) is 0 Å². The standard InChI is InChI=1S/C15H19BrN2O/c1-3-8-17-9-7-14-18-10-13(19-14)12-6-4-5-11(2)15(12)16/h4-6,10,17H,3,7-9H2,1-2H3. The fourth-order valence-electron chi connectivity index (χ4n) is 1.89. The molecule has 19 heavy (non-hydrogen) atoms. The summed E-state index contributed by atoms with van der Waals surface area (Å²) in [5, 5.41) is 3.34. The molecule has 1 aromatic carbocycles. The van der Waals surface area contributed by atoms with E-state index in [4.69, 9.17) is 4.42 Å². The Bertz CT molecular complexity index is 537. The summed E-state index contributed by atoms with van der Waals surface area (Å²) in [5.41, 5.74) is 2.25. The summed E-state index contributed by atoms with van der Waals surface area (Å²) in [6, 6.07) is 6.14. The van der Waals surface area contributed by atoms with Crippen LogP contribution in [0.3, 0.4) is 0 Å². The average molecular weight is 323 g/mol. The van der Waals surface area contributed by atoms with Gasteiger partial charge in [-0.1, -0.05) is 25.1 Å².